The summed E-state index contributed by atoms with van der Waals surface area (Å²) in [5.74, 6) is 0. The lowest BCUT2D eigenvalue weighted by Crippen LogP contribution is -2.10. The number of anilines is 3. The zero-order valence-electron chi connectivity index (χ0n) is 32.0. The van der Waals surface area contributed by atoms with Gasteiger partial charge in [-0.05, 0) is 98.6 Å². The number of hydrogen-bond donors (Lipinski definition) is 0. The van der Waals surface area contributed by atoms with Crippen molar-refractivity contribution in [3.05, 3.63) is 212 Å². The van der Waals surface area contributed by atoms with Crippen molar-refractivity contribution in [2.75, 3.05) is 4.90 Å². The summed E-state index contributed by atoms with van der Waals surface area (Å²) in [6.07, 6.45) is 0. The minimum Gasteiger partial charge on any atom is -0.456 e. The van der Waals surface area contributed by atoms with Crippen molar-refractivity contribution >= 4 is 82.5 Å². The van der Waals surface area contributed by atoms with E-state index < -0.39 is 0 Å². The third-order valence-electron chi connectivity index (χ3n) is 11.9. The Morgan fingerprint density at radius 1 is 0.288 bits per heavy atom. The zero-order valence-corrected chi connectivity index (χ0v) is 32.0. The SMILES string of the molecule is c1ccc(-c2ccc(-c3ccc(N(c4ccc(-c5cccc6oc7ccccc7c56)cc4)c4cccc5c4ccc4ccccc45)cc3)c3c2oc2ccccc23)cc1. The van der Waals surface area contributed by atoms with Crippen LogP contribution in [-0.2, 0) is 0 Å². The maximum atomic E-state index is 6.62. The van der Waals surface area contributed by atoms with E-state index in [9.17, 15) is 0 Å². The first-order chi connectivity index (χ1) is 29.3. The van der Waals surface area contributed by atoms with E-state index in [0.717, 1.165) is 94.3 Å². The molecule has 3 nitrogen and oxygen atoms in total. The number of para-hydroxylation sites is 2. The van der Waals surface area contributed by atoms with Gasteiger partial charge in [-0.2, -0.15) is 0 Å². The molecule has 12 rings (SSSR count). The Hall–Kier alpha value is -7.88. The van der Waals surface area contributed by atoms with Crippen LogP contribution in [0.5, 0.6) is 0 Å². The quantitative estimate of drug-likeness (QED) is 0.158. The van der Waals surface area contributed by atoms with Gasteiger partial charge in [-0.3, -0.25) is 0 Å². The van der Waals surface area contributed by atoms with E-state index in [4.69, 9.17) is 8.83 Å². The first-order valence-electron chi connectivity index (χ1n) is 20.1. The fourth-order valence-electron chi connectivity index (χ4n) is 9.16. The lowest BCUT2D eigenvalue weighted by atomic mass is 9.94. The van der Waals surface area contributed by atoms with Gasteiger partial charge in [-0.1, -0.05) is 158 Å². The van der Waals surface area contributed by atoms with Crippen LogP contribution in [-0.4, -0.2) is 0 Å². The van der Waals surface area contributed by atoms with E-state index >= 15 is 0 Å². The molecule has 0 aliphatic heterocycles. The van der Waals surface area contributed by atoms with Crippen molar-refractivity contribution in [3.63, 3.8) is 0 Å². The van der Waals surface area contributed by atoms with Crippen LogP contribution in [0.4, 0.5) is 17.1 Å². The van der Waals surface area contributed by atoms with Gasteiger partial charge in [0, 0.05) is 43.9 Å². The van der Waals surface area contributed by atoms with Gasteiger partial charge in [0.15, 0.2) is 0 Å². The molecule has 0 amide bonds. The molecular weight excluding hydrogens is 719 g/mol. The summed E-state index contributed by atoms with van der Waals surface area (Å²) in [7, 11) is 0. The van der Waals surface area contributed by atoms with Crippen LogP contribution in [0.1, 0.15) is 0 Å². The summed E-state index contributed by atoms with van der Waals surface area (Å²) in [6, 6.07) is 75.7. The molecular formula is C56H35NO2. The Morgan fingerprint density at radius 3 is 1.58 bits per heavy atom. The summed E-state index contributed by atoms with van der Waals surface area (Å²) in [5, 5.41) is 9.40. The van der Waals surface area contributed by atoms with Crippen molar-refractivity contribution in [1.82, 2.24) is 0 Å². The molecule has 0 unspecified atom stereocenters. The van der Waals surface area contributed by atoms with E-state index in [0.29, 0.717) is 0 Å². The molecule has 0 spiro atoms. The summed E-state index contributed by atoms with van der Waals surface area (Å²) in [5.41, 5.74) is 13.6. The number of fused-ring (bicyclic) bond motifs is 9. The van der Waals surface area contributed by atoms with Crippen LogP contribution >= 0.6 is 0 Å². The van der Waals surface area contributed by atoms with Gasteiger partial charge in [0.2, 0.25) is 0 Å². The average Bonchev–Trinajstić information content (AvgIpc) is 3.89. The van der Waals surface area contributed by atoms with Crippen LogP contribution in [0.15, 0.2) is 221 Å². The van der Waals surface area contributed by atoms with E-state index in [1.54, 1.807) is 0 Å². The normalized spacial score (nSPS) is 11.7. The second-order valence-electron chi connectivity index (χ2n) is 15.2. The molecule has 276 valence electrons. The van der Waals surface area contributed by atoms with Gasteiger partial charge in [0.05, 0.1) is 5.69 Å². The first kappa shape index (κ1) is 33.3. The minimum absolute atomic E-state index is 0.888. The van der Waals surface area contributed by atoms with E-state index in [-0.39, 0.29) is 0 Å². The average molecular weight is 754 g/mol. The van der Waals surface area contributed by atoms with Crippen molar-refractivity contribution in [2.24, 2.45) is 0 Å². The molecule has 3 heteroatoms. The van der Waals surface area contributed by atoms with Crippen molar-refractivity contribution in [1.29, 1.82) is 0 Å². The van der Waals surface area contributed by atoms with E-state index in [1.807, 2.05) is 18.2 Å². The van der Waals surface area contributed by atoms with Crippen molar-refractivity contribution in [3.8, 4) is 33.4 Å². The highest BCUT2D eigenvalue weighted by Gasteiger charge is 2.20. The number of rotatable bonds is 6. The van der Waals surface area contributed by atoms with Gasteiger partial charge in [-0.25, -0.2) is 0 Å². The molecule has 12 aromatic rings. The van der Waals surface area contributed by atoms with Crippen LogP contribution in [0.3, 0.4) is 0 Å². The summed E-state index contributed by atoms with van der Waals surface area (Å²) < 4.78 is 12.9. The summed E-state index contributed by atoms with van der Waals surface area (Å²) in [6.45, 7) is 0. The number of hydrogen-bond acceptors (Lipinski definition) is 3. The van der Waals surface area contributed by atoms with Crippen LogP contribution < -0.4 is 4.90 Å². The molecule has 2 aromatic heterocycles. The zero-order chi connectivity index (χ0) is 38.9. The fourth-order valence-corrected chi connectivity index (χ4v) is 9.16. The predicted octanol–water partition coefficient (Wildman–Crippen LogP) is 16.3. The third kappa shape index (κ3) is 5.36. The molecule has 59 heavy (non-hydrogen) atoms. The van der Waals surface area contributed by atoms with Gasteiger partial charge < -0.3 is 13.7 Å². The highest BCUT2D eigenvalue weighted by molar-refractivity contribution is 6.17. The van der Waals surface area contributed by atoms with Gasteiger partial charge >= 0.3 is 0 Å². The van der Waals surface area contributed by atoms with E-state index in [2.05, 4.69) is 199 Å². The summed E-state index contributed by atoms with van der Waals surface area (Å²) >= 11 is 0. The predicted molar refractivity (Wildman–Crippen MR) is 247 cm³/mol. The molecule has 0 radical (unpaired) electrons. The molecule has 0 saturated carbocycles. The minimum atomic E-state index is 0.888. The van der Waals surface area contributed by atoms with Gasteiger partial charge in [0.1, 0.15) is 22.3 Å². The molecule has 0 aliphatic rings. The lowest BCUT2D eigenvalue weighted by Gasteiger charge is -2.27. The Bertz CT molecular complexity index is 3540. The van der Waals surface area contributed by atoms with Gasteiger partial charge in [0.25, 0.3) is 0 Å². The lowest BCUT2D eigenvalue weighted by molar-refractivity contribution is 0.669. The molecule has 0 atom stereocenters. The molecule has 0 saturated heterocycles. The van der Waals surface area contributed by atoms with Crippen molar-refractivity contribution < 1.29 is 8.83 Å². The Morgan fingerprint density at radius 2 is 0.831 bits per heavy atom. The topological polar surface area (TPSA) is 29.5 Å². The molecule has 0 N–H and O–H groups in total. The highest BCUT2D eigenvalue weighted by atomic mass is 16.3. The van der Waals surface area contributed by atoms with Gasteiger partial charge in [-0.15, -0.1) is 0 Å². The molecule has 10 aromatic carbocycles. The molecule has 0 aliphatic carbocycles. The Labute approximate surface area is 340 Å². The Balaban J connectivity index is 1.02. The smallest absolute Gasteiger partial charge is 0.143 e. The van der Waals surface area contributed by atoms with Crippen LogP contribution in [0.2, 0.25) is 0 Å². The Kier molecular flexibility index (Phi) is 7.54. The van der Waals surface area contributed by atoms with Crippen LogP contribution in [0, 0.1) is 0 Å². The second-order valence-corrected chi connectivity index (χ2v) is 15.2. The molecule has 2 heterocycles. The maximum Gasteiger partial charge on any atom is 0.143 e. The number of nitrogens with zero attached hydrogens (tertiary/aromatic N) is 1. The number of benzene rings is 10. The number of furan rings is 2. The standard InChI is InChI=1S/C56H35NO2/c1-2-12-36(13-3-1)45-35-34-44(55-49-17-7-9-22-52(49)59-56(45)55)39-26-31-41(32-27-39)57(50-20-10-19-46-42-15-5-4-14-37(42)28-33-47(46)50)40-29-24-38(25-30-40)43-18-11-23-53-54(43)48-16-6-8-21-51(48)58-53/h1-35H. The summed E-state index contributed by atoms with van der Waals surface area (Å²) in [4.78, 5) is 2.39. The van der Waals surface area contributed by atoms with Crippen LogP contribution in [0.25, 0.3) is 98.8 Å². The maximum absolute atomic E-state index is 6.62. The van der Waals surface area contributed by atoms with Crippen molar-refractivity contribution in [2.45, 2.75) is 0 Å². The monoisotopic (exact) mass is 753 g/mol. The molecule has 0 bridgehead atoms. The highest BCUT2D eigenvalue weighted by Crippen LogP contribution is 2.45. The van der Waals surface area contributed by atoms with E-state index in [1.165, 1.54) is 21.5 Å². The third-order valence-corrected chi connectivity index (χ3v) is 11.9. The second kappa shape index (κ2) is 13.4. The largest absolute Gasteiger partial charge is 0.456 e. The fraction of sp³-hybridized carbons (Fsp3) is 0. The first-order valence-corrected chi connectivity index (χ1v) is 20.1. The molecule has 0 fully saturated rings.